The molecule has 2 aromatic rings. The molecule has 2 N–H and O–H groups in total. The highest BCUT2D eigenvalue weighted by atomic mass is 19.1. The second-order valence-electron chi connectivity index (χ2n) is 7.58. The van der Waals surface area contributed by atoms with Crippen molar-refractivity contribution in [2.45, 2.75) is 33.6 Å². The SMILES string of the molecule is C/C=C(/Cc1cc(Nc2ccc(F)cn2)ncc1C(=O)NC)C1=C(C)C=CC(CC)C1=O. The zero-order chi connectivity index (χ0) is 23.3. The van der Waals surface area contributed by atoms with E-state index in [-0.39, 0.29) is 17.6 Å². The zero-order valence-electron chi connectivity index (χ0n) is 18.7. The fraction of sp³-hybridized carbons (Fsp3) is 0.280. The lowest BCUT2D eigenvalue weighted by atomic mass is 9.81. The van der Waals surface area contributed by atoms with Crippen molar-refractivity contribution in [2.75, 3.05) is 12.4 Å². The summed E-state index contributed by atoms with van der Waals surface area (Å²) in [7, 11) is 1.56. The highest BCUT2D eigenvalue weighted by Crippen LogP contribution is 2.30. The highest BCUT2D eigenvalue weighted by Gasteiger charge is 2.26. The van der Waals surface area contributed by atoms with Gasteiger partial charge in [0.2, 0.25) is 0 Å². The van der Waals surface area contributed by atoms with Gasteiger partial charge in [-0.15, -0.1) is 0 Å². The summed E-state index contributed by atoms with van der Waals surface area (Å²) in [6, 6.07) is 4.57. The summed E-state index contributed by atoms with van der Waals surface area (Å²) in [4.78, 5) is 33.9. The van der Waals surface area contributed by atoms with Crippen molar-refractivity contribution in [1.82, 2.24) is 15.3 Å². The number of carbonyl (C=O) groups excluding carboxylic acids is 2. The molecule has 3 rings (SSSR count). The minimum absolute atomic E-state index is 0.102. The topological polar surface area (TPSA) is 84.0 Å². The minimum atomic E-state index is -0.433. The average molecular weight is 435 g/mol. The molecule has 0 fully saturated rings. The zero-order valence-corrected chi connectivity index (χ0v) is 18.7. The van der Waals surface area contributed by atoms with Crippen molar-refractivity contribution < 1.29 is 14.0 Å². The van der Waals surface area contributed by atoms with Gasteiger partial charge in [0.1, 0.15) is 17.5 Å². The number of anilines is 2. The summed E-state index contributed by atoms with van der Waals surface area (Å²) < 4.78 is 13.2. The maximum absolute atomic E-state index is 13.2. The van der Waals surface area contributed by atoms with Crippen LogP contribution >= 0.6 is 0 Å². The first-order valence-electron chi connectivity index (χ1n) is 10.6. The third kappa shape index (κ3) is 4.99. The summed E-state index contributed by atoms with van der Waals surface area (Å²) in [5.41, 5.74) is 3.62. The van der Waals surface area contributed by atoms with E-state index in [2.05, 4.69) is 20.6 Å². The molecule has 1 aliphatic rings. The largest absolute Gasteiger partial charge is 0.355 e. The van der Waals surface area contributed by atoms with Crippen LogP contribution in [0.15, 0.2) is 65.5 Å². The van der Waals surface area contributed by atoms with Crippen LogP contribution in [0.5, 0.6) is 0 Å². The molecule has 0 bridgehead atoms. The van der Waals surface area contributed by atoms with E-state index in [0.717, 1.165) is 23.8 Å². The van der Waals surface area contributed by atoms with E-state index in [1.165, 1.54) is 18.3 Å². The van der Waals surface area contributed by atoms with Crippen molar-refractivity contribution in [2.24, 2.45) is 5.92 Å². The van der Waals surface area contributed by atoms with Crippen LogP contribution in [0.25, 0.3) is 0 Å². The normalized spacial score (nSPS) is 16.3. The predicted molar refractivity (Wildman–Crippen MR) is 123 cm³/mol. The Morgan fingerprint density at radius 3 is 2.59 bits per heavy atom. The van der Waals surface area contributed by atoms with Crippen LogP contribution in [0.3, 0.4) is 0 Å². The molecule has 0 saturated heterocycles. The van der Waals surface area contributed by atoms with Crippen LogP contribution in [-0.4, -0.2) is 28.7 Å². The van der Waals surface area contributed by atoms with E-state index in [1.807, 2.05) is 39.0 Å². The van der Waals surface area contributed by atoms with E-state index >= 15 is 0 Å². The molecule has 2 aromatic heterocycles. The fourth-order valence-electron chi connectivity index (χ4n) is 3.72. The Hall–Kier alpha value is -3.61. The number of nitrogens with zero attached hydrogens (tertiary/aromatic N) is 2. The monoisotopic (exact) mass is 434 g/mol. The van der Waals surface area contributed by atoms with Crippen LogP contribution in [0, 0.1) is 11.7 Å². The molecule has 1 atom stereocenters. The molecule has 0 saturated carbocycles. The van der Waals surface area contributed by atoms with Gasteiger partial charge in [-0.1, -0.05) is 25.2 Å². The number of halogens is 1. The lowest BCUT2D eigenvalue weighted by Gasteiger charge is -2.22. The van der Waals surface area contributed by atoms with Gasteiger partial charge in [-0.05, 0) is 61.6 Å². The Labute approximate surface area is 187 Å². The van der Waals surface area contributed by atoms with Gasteiger partial charge in [-0.2, -0.15) is 0 Å². The molecule has 0 radical (unpaired) electrons. The first kappa shape index (κ1) is 23.1. The summed E-state index contributed by atoms with van der Waals surface area (Å²) in [6.07, 6.45) is 9.60. The Kier molecular flexibility index (Phi) is 7.30. The molecule has 7 heteroatoms. The Balaban J connectivity index is 1.98. The lowest BCUT2D eigenvalue weighted by molar-refractivity contribution is -0.117. The molecule has 1 amide bonds. The molecule has 0 aliphatic heterocycles. The minimum Gasteiger partial charge on any atom is -0.355 e. The third-order valence-corrected chi connectivity index (χ3v) is 5.49. The number of hydrogen-bond donors (Lipinski definition) is 2. The molecule has 0 spiro atoms. The molecule has 6 nitrogen and oxygen atoms in total. The van der Waals surface area contributed by atoms with Crippen molar-refractivity contribution in [3.8, 4) is 0 Å². The van der Waals surface area contributed by atoms with Crippen LogP contribution in [0.2, 0.25) is 0 Å². The fourth-order valence-corrected chi connectivity index (χ4v) is 3.72. The number of hydrogen-bond acceptors (Lipinski definition) is 5. The molecular weight excluding hydrogens is 407 g/mol. The average Bonchev–Trinajstić information content (AvgIpc) is 2.79. The molecule has 2 heterocycles. The molecule has 0 aromatic carbocycles. The number of rotatable bonds is 7. The van der Waals surface area contributed by atoms with E-state index in [9.17, 15) is 14.0 Å². The summed E-state index contributed by atoms with van der Waals surface area (Å²) in [5, 5.41) is 5.67. The number of allylic oxidation sites excluding steroid dienone is 6. The highest BCUT2D eigenvalue weighted by molar-refractivity contribution is 6.04. The third-order valence-electron chi connectivity index (χ3n) is 5.49. The molecule has 1 unspecified atom stereocenters. The second-order valence-corrected chi connectivity index (χ2v) is 7.58. The molecule has 1 aliphatic carbocycles. The number of Topliss-reactive ketones (excluding diaryl/α,β-unsaturated/α-hetero) is 1. The number of ketones is 1. The molecular formula is C25H27FN4O2. The van der Waals surface area contributed by atoms with Crippen LogP contribution in [0.4, 0.5) is 16.0 Å². The Bertz CT molecular complexity index is 1120. The van der Waals surface area contributed by atoms with Crippen LogP contribution < -0.4 is 10.6 Å². The van der Waals surface area contributed by atoms with E-state index in [4.69, 9.17) is 0 Å². The van der Waals surface area contributed by atoms with Gasteiger partial charge in [0.15, 0.2) is 5.78 Å². The van der Waals surface area contributed by atoms with E-state index in [1.54, 1.807) is 13.1 Å². The standard InChI is InChI=1S/C25H27FN4O2/c1-5-16-8-7-15(3)23(24(16)31)17(6-2)11-18-12-22(29-14-20(18)25(32)27-4)30-21-10-9-19(26)13-28-21/h6-10,12-14,16H,5,11H2,1-4H3,(H,27,32)(H,28,29,30)/b17-6-. The van der Waals surface area contributed by atoms with Gasteiger partial charge in [0, 0.05) is 24.7 Å². The van der Waals surface area contributed by atoms with Gasteiger partial charge in [0.05, 0.1) is 11.8 Å². The number of aromatic nitrogens is 2. The molecule has 166 valence electrons. The Morgan fingerprint density at radius 2 is 1.97 bits per heavy atom. The number of pyridine rings is 2. The molecule has 32 heavy (non-hydrogen) atoms. The maximum atomic E-state index is 13.2. The van der Waals surface area contributed by atoms with Crippen LogP contribution in [0.1, 0.15) is 43.1 Å². The van der Waals surface area contributed by atoms with Crippen molar-refractivity contribution in [1.29, 1.82) is 0 Å². The quantitative estimate of drug-likeness (QED) is 0.661. The van der Waals surface area contributed by atoms with Crippen molar-refractivity contribution >= 4 is 23.3 Å². The van der Waals surface area contributed by atoms with E-state index < -0.39 is 5.82 Å². The maximum Gasteiger partial charge on any atom is 0.252 e. The number of nitrogens with one attached hydrogen (secondary N) is 2. The van der Waals surface area contributed by atoms with Gasteiger partial charge in [-0.25, -0.2) is 14.4 Å². The van der Waals surface area contributed by atoms with Crippen LogP contribution in [-0.2, 0) is 11.2 Å². The number of amides is 1. The lowest BCUT2D eigenvalue weighted by Crippen LogP contribution is -2.22. The van der Waals surface area contributed by atoms with Gasteiger partial charge >= 0.3 is 0 Å². The first-order chi connectivity index (χ1) is 15.4. The van der Waals surface area contributed by atoms with E-state index in [0.29, 0.717) is 34.8 Å². The van der Waals surface area contributed by atoms with Gasteiger partial charge < -0.3 is 10.6 Å². The second kappa shape index (κ2) is 10.1. The summed E-state index contributed by atoms with van der Waals surface area (Å²) in [6.45, 7) is 5.82. The van der Waals surface area contributed by atoms with Crippen molar-refractivity contribution in [3.05, 3.63) is 82.5 Å². The smallest absolute Gasteiger partial charge is 0.252 e. The predicted octanol–water partition coefficient (Wildman–Crippen LogP) is 4.69. The summed E-state index contributed by atoms with van der Waals surface area (Å²) in [5.74, 6) is 0.166. The summed E-state index contributed by atoms with van der Waals surface area (Å²) >= 11 is 0. The number of carbonyl (C=O) groups is 2. The first-order valence-corrected chi connectivity index (χ1v) is 10.6. The van der Waals surface area contributed by atoms with Crippen molar-refractivity contribution in [3.63, 3.8) is 0 Å². The Morgan fingerprint density at radius 1 is 1.22 bits per heavy atom. The van der Waals surface area contributed by atoms with Gasteiger partial charge in [-0.3, -0.25) is 9.59 Å². The van der Waals surface area contributed by atoms with Gasteiger partial charge in [0.25, 0.3) is 5.91 Å².